The van der Waals surface area contributed by atoms with E-state index in [1.807, 2.05) is 6.92 Å². The Labute approximate surface area is 230 Å². The molecule has 9 heteroatoms. The zero-order valence-electron chi connectivity index (χ0n) is 23.0. The molecule has 2 amide bonds. The predicted octanol–water partition coefficient (Wildman–Crippen LogP) is 4.35. The summed E-state index contributed by atoms with van der Waals surface area (Å²) in [5.74, 6) is -1.80. The molecule has 1 saturated heterocycles. The SMILES string of the molecule is CC(C)C1=C[C@@]23CC[C@@H]4[C@](C)(CCC[C@@]4(C)C(=O)O)[C@@H]2C[C@@H]1[C@@H]1C(=O)N(c2ccc(S(N)(=O)=O)cc2)C(=O)[C@H]13. The molecule has 0 aromatic heterocycles. The molecule has 3 N–H and O–H groups in total. The molecule has 39 heavy (non-hydrogen) atoms. The number of allylic oxidation sites excluding steroid dienone is 2. The number of carboxylic acid groups (broad SMARTS) is 1. The Balaban J connectivity index is 1.46. The summed E-state index contributed by atoms with van der Waals surface area (Å²) in [4.78, 5) is 42.1. The maximum atomic E-state index is 14.3. The summed E-state index contributed by atoms with van der Waals surface area (Å²) in [7, 11) is -3.90. The Morgan fingerprint density at radius 2 is 1.72 bits per heavy atom. The van der Waals surface area contributed by atoms with Crippen molar-refractivity contribution in [3.05, 3.63) is 35.9 Å². The van der Waals surface area contributed by atoms with E-state index >= 15 is 0 Å². The van der Waals surface area contributed by atoms with Gasteiger partial charge in [-0.25, -0.2) is 13.6 Å². The molecule has 2 bridgehead atoms. The lowest BCUT2D eigenvalue weighted by molar-refractivity contribution is -0.194. The molecule has 1 aromatic carbocycles. The van der Waals surface area contributed by atoms with Crippen LogP contribution in [0.4, 0.5) is 5.69 Å². The third-order valence-corrected chi connectivity index (χ3v) is 12.5. The van der Waals surface area contributed by atoms with Gasteiger partial charge in [0.2, 0.25) is 21.8 Å². The summed E-state index contributed by atoms with van der Waals surface area (Å²) in [5, 5.41) is 15.5. The number of amides is 2. The second-order valence-corrected chi connectivity index (χ2v) is 15.1. The zero-order chi connectivity index (χ0) is 28.3. The van der Waals surface area contributed by atoms with Crippen LogP contribution < -0.4 is 10.0 Å². The molecular formula is C30H38N2O6S. The topological polar surface area (TPSA) is 135 Å². The first-order valence-electron chi connectivity index (χ1n) is 14.1. The maximum Gasteiger partial charge on any atom is 0.309 e. The van der Waals surface area contributed by atoms with E-state index in [-0.39, 0.29) is 45.8 Å². The van der Waals surface area contributed by atoms with Crippen LogP contribution in [0, 0.1) is 51.8 Å². The number of primary sulfonamides is 1. The minimum absolute atomic E-state index is 0.0228. The Morgan fingerprint density at radius 3 is 2.31 bits per heavy atom. The molecule has 5 aliphatic carbocycles. The first-order chi connectivity index (χ1) is 18.2. The van der Waals surface area contributed by atoms with Gasteiger partial charge in [-0.15, -0.1) is 0 Å². The van der Waals surface area contributed by atoms with E-state index in [1.165, 1.54) is 34.7 Å². The standard InChI is InChI=1S/C30H38N2O6S/c1-16(2)20-15-30-13-10-21-28(3,11-5-12-29(21,4)27(35)36)22(30)14-19(20)23-24(30)26(34)32(25(23)33)17-6-8-18(9-7-17)39(31,37)38/h6-9,15-16,19,21-24H,5,10-14H2,1-4H3,(H,35,36)(H2,31,37,38)/t19-,21+,22-,23-,24-,28-,29+,30-/m0/s1. The molecule has 6 aliphatic rings. The number of rotatable bonds is 4. The van der Waals surface area contributed by atoms with E-state index in [0.717, 1.165) is 25.7 Å². The highest BCUT2D eigenvalue weighted by Gasteiger charge is 2.73. The van der Waals surface area contributed by atoms with Crippen LogP contribution in [-0.4, -0.2) is 31.3 Å². The van der Waals surface area contributed by atoms with Gasteiger partial charge in [-0.05, 0) is 92.4 Å². The van der Waals surface area contributed by atoms with Gasteiger partial charge in [-0.1, -0.05) is 38.8 Å². The average Bonchev–Trinajstić information content (AvgIpc) is 3.14. The van der Waals surface area contributed by atoms with Gasteiger partial charge in [0.05, 0.1) is 27.8 Å². The number of sulfonamides is 1. The summed E-state index contributed by atoms with van der Waals surface area (Å²) in [6.45, 7) is 8.46. The van der Waals surface area contributed by atoms with E-state index in [4.69, 9.17) is 5.14 Å². The number of benzene rings is 1. The van der Waals surface area contributed by atoms with Crippen molar-refractivity contribution in [2.45, 2.75) is 71.1 Å². The smallest absolute Gasteiger partial charge is 0.309 e. The lowest BCUT2D eigenvalue weighted by Crippen LogP contribution is -2.65. The Hall–Kier alpha value is -2.52. The second-order valence-electron chi connectivity index (χ2n) is 13.5. The number of fused-ring (bicyclic) bond motifs is 1. The molecule has 4 fully saturated rings. The minimum atomic E-state index is -3.90. The summed E-state index contributed by atoms with van der Waals surface area (Å²) >= 11 is 0. The van der Waals surface area contributed by atoms with Crippen molar-refractivity contribution in [3.8, 4) is 0 Å². The Morgan fingerprint density at radius 1 is 1.05 bits per heavy atom. The number of imide groups is 1. The van der Waals surface area contributed by atoms with Crippen molar-refractivity contribution in [1.82, 2.24) is 0 Å². The van der Waals surface area contributed by atoms with Crippen molar-refractivity contribution in [2.24, 2.45) is 56.9 Å². The van der Waals surface area contributed by atoms with Gasteiger partial charge in [0.15, 0.2) is 0 Å². The molecule has 0 radical (unpaired) electrons. The molecule has 8 nitrogen and oxygen atoms in total. The van der Waals surface area contributed by atoms with Gasteiger partial charge in [-0.2, -0.15) is 0 Å². The average molecular weight is 555 g/mol. The fourth-order valence-electron chi connectivity index (χ4n) is 10.00. The Bertz CT molecular complexity index is 1420. The third-order valence-electron chi connectivity index (χ3n) is 11.6. The lowest BCUT2D eigenvalue weighted by Gasteiger charge is -2.68. The lowest BCUT2D eigenvalue weighted by atomic mass is 9.34. The van der Waals surface area contributed by atoms with E-state index < -0.39 is 38.7 Å². The second kappa shape index (κ2) is 8.26. The third kappa shape index (κ3) is 3.38. The number of nitrogens with zero attached hydrogens (tertiary/aromatic N) is 1. The van der Waals surface area contributed by atoms with Crippen LogP contribution in [0.1, 0.15) is 66.2 Å². The molecule has 1 aromatic rings. The quantitative estimate of drug-likeness (QED) is 0.420. The number of anilines is 1. The van der Waals surface area contributed by atoms with Gasteiger partial charge in [0, 0.05) is 5.41 Å². The van der Waals surface area contributed by atoms with Crippen LogP contribution in [-0.2, 0) is 24.4 Å². The Kier molecular flexibility index (Phi) is 5.65. The van der Waals surface area contributed by atoms with Gasteiger partial charge in [0.25, 0.3) is 0 Å². The molecule has 1 spiro atoms. The first kappa shape index (κ1) is 26.7. The van der Waals surface area contributed by atoms with Crippen molar-refractivity contribution >= 4 is 33.5 Å². The molecule has 7 rings (SSSR count). The monoisotopic (exact) mass is 554 g/mol. The number of carboxylic acids is 1. The normalized spacial score (nSPS) is 41.2. The van der Waals surface area contributed by atoms with Crippen molar-refractivity contribution in [2.75, 3.05) is 4.90 Å². The van der Waals surface area contributed by atoms with E-state index in [1.54, 1.807) is 0 Å². The zero-order valence-corrected chi connectivity index (χ0v) is 23.8. The summed E-state index contributed by atoms with van der Waals surface area (Å²) in [6, 6.07) is 5.64. The van der Waals surface area contributed by atoms with Gasteiger partial charge >= 0.3 is 5.97 Å². The number of hydrogen-bond acceptors (Lipinski definition) is 5. The van der Waals surface area contributed by atoms with Crippen molar-refractivity contribution < 1.29 is 27.9 Å². The van der Waals surface area contributed by atoms with Crippen molar-refractivity contribution in [3.63, 3.8) is 0 Å². The molecule has 1 heterocycles. The van der Waals surface area contributed by atoms with E-state index in [2.05, 4.69) is 26.8 Å². The van der Waals surface area contributed by atoms with Crippen LogP contribution in [0.3, 0.4) is 0 Å². The molecular weight excluding hydrogens is 516 g/mol. The van der Waals surface area contributed by atoms with Crippen LogP contribution in [0.5, 0.6) is 0 Å². The predicted molar refractivity (Wildman–Crippen MR) is 145 cm³/mol. The largest absolute Gasteiger partial charge is 0.481 e. The number of carbonyl (C=O) groups excluding carboxylic acids is 2. The van der Waals surface area contributed by atoms with Crippen LogP contribution in [0.2, 0.25) is 0 Å². The van der Waals surface area contributed by atoms with Crippen molar-refractivity contribution in [1.29, 1.82) is 0 Å². The fraction of sp³-hybridized carbons (Fsp3) is 0.633. The molecule has 8 atom stereocenters. The first-order valence-corrected chi connectivity index (χ1v) is 15.7. The fourth-order valence-corrected chi connectivity index (χ4v) is 10.5. The highest BCUT2D eigenvalue weighted by Crippen LogP contribution is 2.74. The van der Waals surface area contributed by atoms with E-state index in [9.17, 15) is 27.9 Å². The summed E-state index contributed by atoms with van der Waals surface area (Å²) < 4.78 is 23.5. The molecule has 0 unspecified atom stereocenters. The number of aliphatic carboxylic acids is 1. The molecule has 1 aliphatic heterocycles. The summed E-state index contributed by atoms with van der Waals surface area (Å²) in [6.07, 6.45) is 7.01. The maximum absolute atomic E-state index is 14.3. The van der Waals surface area contributed by atoms with Gasteiger partial charge < -0.3 is 5.11 Å². The highest BCUT2D eigenvalue weighted by atomic mass is 32.2. The number of nitrogens with two attached hydrogens (primary N) is 1. The number of hydrogen-bond donors (Lipinski definition) is 2. The molecule has 210 valence electrons. The number of carbonyl (C=O) groups is 3. The van der Waals surface area contributed by atoms with Crippen LogP contribution >= 0.6 is 0 Å². The van der Waals surface area contributed by atoms with Gasteiger partial charge in [-0.3, -0.25) is 19.3 Å². The molecule has 3 saturated carbocycles. The van der Waals surface area contributed by atoms with Crippen LogP contribution in [0.25, 0.3) is 0 Å². The van der Waals surface area contributed by atoms with Crippen LogP contribution in [0.15, 0.2) is 40.8 Å². The van der Waals surface area contributed by atoms with E-state index in [0.29, 0.717) is 18.5 Å². The summed E-state index contributed by atoms with van der Waals surface area (Å²) in [5.41, 5.74) is 0.0882. The minimum Gasteiger partial charge on any atom is -0.481 e. The van der Waals surface area contributed by atoms with Gasteiger partial charge in [0.1, 0.15) is 0 Å². The highest BCUT2D eigenvalue weighted by molar-refractivity contribution is 7.89.